The molecule has 0 N–H and O–H groups in total. The molecule has 46 heavy (non-hydrogen) atoms. The molecule has 0 aliphatic heterocycles. The van der Waals surface area contributed by atoms with Crippen molar-refractivity contribution in [2.24, 2.45) is 0 Å². The maximum Gasteiger partial charge on any atom is 0.0546 e. The molecule has 0 unspecified atom stereocenters. The lowest BCUT2D eigenvalue weighted by Gasteiger charge is -2.30. The van der Waals surface area contributed by atoms with Crippen LogP contribution in [0.3, 0.4) is 0 Å². The fourth-order valence-electron chi connectivity index (χ4n) is 6.43. The normalized spacial score (nSPS) is 11.0. The largest absolute Gasteiger partial charge is 0.311 e. The predicted octanol–water partition coefficient (Wildman–Crippen LogP) is 12.6. The maximum absolute atomic E-state index is 2.43. The Morgan fingerprint density at radius 3 is 1.37 bits per heavy atom. The molecular weight excluding hydrogens is 556 g/mol. The van der Waals surface area contributed by atoms with Crippen LogP contribution in [-0.4, -0.2) is 0 Å². The van der Waals surface area contributed by atoms with E-state index in [2.05, 4.69) is 204 Å². The van der Waals surface area contributed by atoms with E-state index in [1.54, 1.807) is 0 Å². The van der Waals surface area contributed by atoms with Gasteiger partial charge in [0, 0.05) is 33.7 Å². The summed E-state index contributed by atoms with van der Waals surface area (Å²) in [5.74, 6) is 0. The van der Waals surface area contributed by atoms with Gasteiger partial charge in [-0.3, -0.25) is 0 Å². The number of para-hydroxylation sites is 2. The molecule has 0 radical (unpaired) electrons. The van der Waals surface area contributed by atoms with Crippen LogP contribution in [0.4, 0.5) is 34.1 Å². The number of anilines is 6. The molecule has 0 spiro atoms. The highest BCUT2D eigenvalue weighted by Gasteiger charge is 2.21. The van der Waals surface area contributed by atoms with E-state index < -0.39 is 0 Å². The average molecular weight is 589 g/mol. The highest BCUT2D eigenvalue weighted by molar-refractivity contribution is 6.04. The van der Waals surface area contributed by atoms with Crippen molar-refractivity contribution in [3.63, 3.8) is 0 Å². The second-order valence-electron chi connectivity index (χ2n) is 11.4. The molecule has 218 valence electrons. The Kier molecular flexibility index (Phi) is 7.22. The Hall–Kier alpha value is -6.12. The summed E-state index contributed by atoms with van der Waals surface area (Å²) in [6.07, 6.45) is 0. The molecule has 0 fully saturated rings. The molecule has 0 atom stereocenters. The predicted molar refractivity (Wildman–Crippen MR) is 196 cm³/mol. The molecule has 2 heteroatoms. The third-order valence-electron chi connectivity index (χ3n) is 8.59. The van der Waals surface area contributed by atoms with Crippen LogP contribution in [0.1, 0.15) is 0 Å². The first-order valence-electron chi connectivity index (χ1n) is 15.7. The van der Waals surface area contributed by atoms with Gasteiger partial charge in [0.1, 0.15) is 0 Å². The van der Waals surface area contributed by atoms with Crippen LogP contribution in [0.2, 0.25) is 0 Å². The number of hydrogen-bond donors (Lipinski definition) is 0. The molecular formula is C44H32N2. The molecule has 8 aromatic rings. The van der Waals surface area contributed by atoms with Crippen LogP contribution in [0.5, 0.6) is 0 Å². The minimum absolute atomic E-state index is 1.09. The average Bonchev–Trinajstić information content (AvgIpc) is 3.13. The molecule has 0 aliphatic rings. The summed E-state index contributed by atoms with van der Waals surface area (Å²) in [5.41, 5.74) is 9.07. The number of nitrogens with zero attached hydrogens (tertiary/aromatic N) is 2. The Morgan fingerprint density at radius 1 is 0.283 bits per heavy atom. The third kappa shape index (κ3) is 5.16. The van der Waals surface area contributed by atoms with Crippen molar-refractivity contribution < 1.29 is 0 Å². The van der Waals surface area contributed by atoms with E-state index in [-0.39, 0.29) is 0 Å². The van der Waals surface area contributed by atoms with Gasteiger partial charge in [-0.2, -0.15) is 0 Å². The van der Waals surface area contributed by atoms with Crippen LogP contribution in [0, 0.1) is 0 Å². The summed E-state index contributed by atoms with van der Waals surface area (Å²) in [6.45, 7) is 0. The highest BCUT2D eigenvalue weighted by atomic mass is 15.2. The van der Waals surface area contributed by atoms with E-state index in [0.717, 1.165) is 34.1 Å². The molecule has 0 aliphatic carbocycles. The zero-order chi connectivity index (χ0) is 30.7. The van der Waals surface area contributed by atoms with E-state index in [4.69, 9.17) is 0 Å². The lowest BCUT2D eigenvalue weighted by molar-refractivity contribution is 1.26. The first kappa shape index (κ1) is 27.4. The Bertz CT molecular complexity index is 2200. The summed E-state index contributed by atoms with van der Waals surface area (Å²) in [7, 11) is 0. The molecule has 2 nitrogen and oxygen atoms in total. The number of rotatable bonds is 7. The van der Waals surface area contributed by atoms with E-state index in [1.165, 1.54) is 32.7 Å². The van der Waals surface area contributed by atoms with Gasteiger partial charge < -0.3 is 9.80 Å². The monoisotopic (exact) mass is 588 g/mol. The zero-order valence-electron chi connectivity index (χ0n) is 25.4. The Labute approximate surface area is 270 Å². The third-order valence-corrected chi connectivity index (χ3v) is 8.59. The summed E-state index contributed by atoms with van der Waals surface area (Å²) >= 11 is 0. The lowest BCUT2D eigenvalue weighted by Crippen LogP contribution is -2.13. The molecule has 0 heterocycles. The molecule has 8 aromatic carbocycles. The van der Waals surface area contributed by atoms with E-state index in [9.17, 15) is 0 Å². The SMILES string of the molecule is c1ccc(-c2cc3ccccc3cc2N(c2ccc(N(c3ccccc3)c3ccccc3)cc2)c2cccc3ccccc23)cc1. The Balaban J connectivity index is 1.35. The van der Waals surface area contributed by atoms with Crippen molar-refractivity contribution >= 4 is 55.7 Å². The van der Waals surface area contributed by atoms with Crippen LogP contribution in [0.25, 0.3) is 32.7 Å². The van der Waals surface area contributed by atoms with Crippen molar-refractivity contribution in [2.45, 2.75) is 0 Å². The van der Waals surface area contributed by atoms with Crippen LogP contribution < -0.4 is 9.80 Å². The molecule has 0 amide bonds. The van der Waals surface area contributed by atoms with Crippen molar-refractivity contribution in [1.82, 2.24) is 0 Å². The van der Waals surface area contributed by atoms with Crippen molar-refractivity contribution in [3.8, 4) is 11.1 Å². The van der Waals surface area contributed by atoms with Crippen LogP contribution in [0.15, 0.2) is 194 Å². The molecule has 8 rings (SSSR count). The van der Waals surface area contributed by atoms with Gasteiger partial charge >= 0.3 is 0 Å². The highest BCUT2D eigenvalue weighted by Crippen LogP contribution is 2.46. The second kappa shape index (κ2) is 12.1. The first-order valence-corrected chi connectivity index (χ1v) is 15.7. The number of fused-ring (bicyclic) bond motifs is 2. The zero-order valence-corrected chi connectivity index (χ0v) is 25.4. The van der Waals surface area contributed by atoms with Gasteiger partial charge in [-0.25, -0.2) is 0 Å². The quantitative estimate of drug-likeness (QED) is 0.183. The van der Waals surface area contributed by atoms with E-state index >= 15 is 0 Å². The lowest BCUT2D eigenvalue weighted by atomic mass is 9.97. The van der Waals surface area contributed by atoms with Crippen molar-refractivity contribution in [2.75, 3.05) is 9.80 Å². The molecule has 0 bridgehead atoms. The Morgan fingerprint density at radius 2 is 0.739 bits per heavy atom. The second-order valence-corrected chi connectivity index (χ2v) is 11.4. The van der Waals surface area contributed by atoms with Gasteiger partial charge in [0.05, 0.1) is 11.4 Å². The summed E-state index contributed by atoms with van der Waals surface area (Å²) in [4.78, 5) is 4.73. The van der Waals surface area contributed by atoms with Crippen molar-refractivity contribution in [3.05, 3.63) is 194 Å². The minimum Gasteiger partial charge on any atom is -0.311 e. The van der Waals surface area contributed by atoms with Gasteiger partial charge in [0.25, 0.3) is 0 Å². The van der Waals surface area contributed by atoms with Gasteiger partial charge in [0.2, 0.25) is 0 Å². The topological polar surface area (TPSA) is 6.48 Å². The van der Waals surface area contributed by atoms with E-state index in [1.807, 2.05) is 0 Å². The van der Waals surface area contributed by atoms with Gasteiger partial charge in [-0.05, 0) is 88.5 Å². The maximum atomic E-state index is 2.43. The first-order chi connectivity index (χ1) is 22.8. The van der Waals surface area contributed by atoms with Crippen molar-refractivity contribution in [1.29, 1.82) is 0 Å². The number of hydrogen-bond acceptors (Lipinski definition) is 2. The smallest absolute Gasteiger partial charge is 0.0546 e. The fraction of sp³-hybridized carbons (Fsp3) is 0. The fourth-order valence-corrected chi connectivity index (χ4v) is 6.43. The standard InChI is InChI=1S/C44H32N2/c1-4-15-34(16-5-1)42-31-35-18-10-11-19-36(35)32-44(42)46(43-26-14-20-33-17-12-13-25-41(33)43)40-29-27-39(28-30-40)45(37-21-6-2-7-22-37)38-23-8-3-9-24-38/h1-32H. The van der Waals surface area contributed by atoms with Crippen LogP contribution >= 0.6 is 0 Å². The summed E-state index contributed by atoms with van der Waals surface area (Å²) < 4.78 is 0. The molecule has 0 saturated heterocycles. The van der Waals surface area contributed by atoms with Gasteiger partial charge in [-0.1, -0.05) is 127 Å². The van der Waals surface area contributed by atoms with Crippen LogP contribution in [-0.2, 0) is 0 Å². The minimum atomic E-state index is 1.09. The molecule has 0 aromatic heterocycles. The molecule has 0 saturated carbocycles. The van der Waals surface area contributed by atoms with E-state index in [0.29, 0.717) is 0 Å². The summed E-state index contributed by atoms with van der Waals surface area (Å²) in [5, 5.41) is 4.84. The van der Waals surface area contributed by atoms with Gasteiger partial charge in [0.15, 0.2) is 0 Å². The number of benzene rings is 8. The van der Waals surface area contributed by atoms with Gasteiger partial charge in [-0.15, -0.1) is 0 Å². The summed E-state index contributed by atoms with van der Waals surface area (Å²) in [6, 6.07) is 69.4.